The maximum absolute atomic E-state index is 13.2. The Hall–Kier alpha value is -3.41. The van der Waals surface area contributed by atoms with Gasteiger partial charge in [-0.25, -0.2) is 4.39 Å². The predicted molar refractivity (Wildman–Crippen MR) is 102 cm³/mol. The molecule has 1 N–H and O–H groups in total. The molecular formula is C21H20FN3O2. The Morgan fingerprint density at radius 3 is 2.41 bits per heavy atom. The van der Waals surface area contributed by atoms with Crippen LogP contribution < -0.4 is 5.32 Å². The minimum Gasteiger partial charge on any atom is -0.336 e. The smallest absolute Gasteiger partial charge is 0.243 e. The Morgan fingerprint density at radius 2 is 1.74 bits per heavy atom. The first-order chi connectivity index (χ1) is 13.0. The summed E-state index contributed by atoms with van der Waals surface area (Å²) in [5.74, 6) is -0.974. The van der Waals surface area contributed by atoms with Crippen LogP contribution in [-0.4, -0.2) is 34.9 Å². The number of amides is 2. The van der Waals surface area contributed by atoms with Gasteiger partial charge in [-0.1, -0.05) is 18.2 Å². The van der Waals surface area contributed by atoms with Crippen molar-refractivity contribution in [1.82, 2.24) is 9.47 Å². The van der Waals surface area contributed by atoms with E-state index in [4.69, 9.17) is 0 Å². The van der Waals surface area contributed by atoms with Crippen molar-refractivity contribution in [2.24, 2.45) is 0 Å². The number of anilines is 1. The van der Waals surface area contributed by atoms with Gasteiger partial charge in [0.2, 0.25) is 11.8 Å². The summed E-state index contributed by atoms with van der Waals surface area (Å²) in [7, 11) is 1.57. The van der Waals surface area contributed by atoms with Crippen molar-refractivity contribution >= 4 is 17.5 Å². The molecule has 0 unspecified atom stereocenters. The van der Waals surface area contributed by atoms with E-state index in [0.29, 0.717) is 5.69 Å². The zero-order valence-corrected chi connectivity index (χ0v) is 14.9. The lowest BCUT2D eigenvalue weighted by atomic mass is 10.1. The van der Waals surface area contributed by atoms with Crippen molar-refractivity contribution in [2.45, 2.75) is 6.42 Å². The SMILES string of the molecule is CN(CC(=O)Nc1cccc(F)c1)C(=O)Cc1ccc(-n2cccc2)cc1. The van der Waals surface area contributed by atoms with Gasteiger partial charge in [-0.2, -0.15) is 0 Å². The molecule has 27 heavy (non-hydrogen) atoms. The van der Waals surface area contributed by atoms with Gasteiger partial charge in [-0.3, -0.25) is 9.59 Å². The average molecular weight is 365 g/mol. The van der Waals surface area contributed by atoms with Gasteiger partial charge in [0.15, 0.2) is 0 Å². The van der Waals surface area contributed by atoms with Crippen LogP contribution in [0.4, 0.5) is 10.1 Å². The van der Waals surface area contributed by atoms with Crippen LogP contribution >= 0.6 is 0 Å². The molecule has 3 aromatic rings. The molecule has 0 bridgehead atoms. The number of nitrogens with zero attached hydrogens (tertiary/aromatic N) is 2. The monoisotopic (exact) mass is 365 g/mol. The molecule has 0 atom stereocenters. The van der Waals surface area contributed by atoms with Crippen LogP contribution in [0, 0.1) is 5.82 Å². The number of hydrogen-bond acceptors (Lipinski definition) is 2. The molecule has 0 fully saturated rings. The summed E-state index contributed by atoms with van der Waals surface area (Å²) in [5.41, 5.74) is 2.24. The van der Waals surface area contributed by atoms with E-state index in [-0.39, 0.29) is 24.8 Å². The fourth-order valence-corrected chi connectivity index (χ4v) is 2.67. The maximum atomic E-state index is 13.2. The highest BCUT2D eigenvalue weighted by molar-refractivity contribution is 5.94. The van der Waals surface area contributed by atoms with Crippen molar-refractivity contribution in [3.63, 3.8) is 0 Å². The zero-order chi connectivity index (χ0) is 19.2. The number of halogens is 1. The molecule has 138 valence electrons. The molecule has 1 aromatic heterocycles. The third-order valence-corrected chi connectivity index (χ3v) is 4.11. The van der Waals surface area contributed by atoms with E-state index in [1.54, 1.807) is 13.1 Å². The largest absolute Gasteiger partial charge is 0.336 e. The van der Waals surface area contributed by atoms with Gasteiger partial charge in [-0.15, -0.1) is 0 Å². The molecule has 0 aliphatic carbocycles. The molecule has 5 nitrogen and oxygen atoms in total. The number of aromatic nitrogens is 1. The van der Waals surface area contributed by atoms with Crippen LogP contribution in [0.15, 0.2) is 73.1 Å². The van der Waals surface area contributed by atoms with Gasteiger partial charge in [0, 0.05) is 30.8 Å². The van der Waals surface area contributed by atoms with Gasteiger partial charge < -0.3 is 14.8 Å². The molecule has 3 rings (SSSR count). The first-order valence-electron chi connectivity index (χ1n) is 8.53. The quantitative estimate of drug-likeness (QED) is 0.729. The Bertz CT molecular complexity index is 921. The summed E-state index contributed by atoms with van der Waals surface area (Å²) in [6.07, 6.45) is 4.10. The summed E-state index contributed by atoms with van der Waals surface area (Å²) >= 11 is 0. The lowest BCUT2D eigenvalue weighted by molar-refractivity contribution is -0.132. The lowest BCUT2D eigenvalue weighted by Gasteiger charge is -2.17. The van der Waals surface area contributed by atoms with E-state index in [1.165, 1.54) is 23.1 Å². The van der Waals surface area contributed by atoms with Crippen LogP contribution in [0.2, 0.25) is 0 Å². The van der Waals surface area contributed by atoms with Crippen LogP contribution in [0.1, 0.15) is 5.56 Å². The van der Waals surface area contributed by atoms with E-state index in [1.807, 2.05) is 53.4 Å². The lowest BCUT2D eigenvalue weighted by Crippen LogP contribution is -2.35. The van der Waals surface area contributed by atoms with Gasteiger partial charge in [0.25, 0.3) is 0 Å². The van der Waals surface area contributed by atoms with Crippen molar-refractivity contribution in [1.29, 1.82) is 0 Å². The second-order valence-corrected chi connectivity index (χ2v) is 6.24. The standard InChI is InChI=1S/C21H20FN3O2/c1-24(15-20(26)23-18-6-4-5-17(22)14-18)21(27)13-16-7-9-19(10-8-16)25-11-2-3-12-25/h2-12,14H,13,15H2,1H3,(H,23,26). The second kappa shape index (κ2) is 8.31. The normalized spacial score (nSPS) is 10.4. The molecule has 2 amide bonds. The average Bonchev–Trinajstić information content (AvgIpc) is 3.17. The van der Waals surface area contributed by atoms with Crippen LogP contribution in [-0.2, 0) is 16.0 Å². The third-order valence-electron chi connectivity index (χ3n) is 4.11. The highest BCUT2D eigenvalue weighted by atomic mass is 19.1. The molecule has 0 saturated carbocycles. The Labute approximate surface area is 157 Å². The zero-order valence-electron chi connectivity index (χ0n) is 14.9. The number of carbonyl (C=O) groups excluding carboxylic acids is 2. The molecule has 0 radical (unpaired) electrons. The van der Waals surface area contributed by atoms with Crippen molar-refractivity contribution in [3.05, 3.63) is 84.4 Å². The molecule has 6 heteroatoms. The van der Waals surface area contributed by atoms with E-state index >= 15 is 0 Å². The van der Waals surface area contributed by atoms with E-state index in [0.717, 1.165) is 11.3 Å². The second-order valence-electron chi connectivity index (χ2n) is 6.24. The summed E-state index contributed by atoms with van der Waals surface area (Å²) in [5, 5.41) is 2.58. The fourth-order valence-electron chi connectivity index (χ4n) is 2.67. The molecule has 2 aromatic carbocycles. The van der Waals surface area contributed by atoms with E-state index in [9.17, 15) is 14.0 Å². The minimum absolute atomic E-state index is 0.100. The van der Waals surface area contributed by atoms with Gasteiger partial charge in [0.1, 0.15) is 5.82 Å². The number of rotatable bonds is 6. The number of nitrogens with one attached hydrogen (secondary N) is 1. The van der Waals surface area contributed by atoms with Crippen LogP contribution in [0.3, 0.4) is 0 Å². The minimum atomic E-state index is -0.430. The summed E-state index contributed by atoms with van der Waals surface area (Å²) < 4.78 is 15.1. The molecular weight excluding hydrogens is 345 g/mol. The molecule has 0 spiro atoms. The van der Waals surface area contributed by atoms with Crippen LogP contribution in [0.5, 0.6) is 0 Å². The number of hydrogen-bond donors (Lipinski definition) is 1. The van der Waals surface area contributed by atoms with Crippen LogP contribution in [0.25, 0.3) is 5.69 Å². The van der Waals surface area contributed by atoms with Crippen molar-refractivity contribution < 1.29 is 14.0 Å². The Balaban J connectivity index is 1.53. The molecule has 0 saturated heterocycles. The topological polar surface area (TPSA) is 54.3 Å². The summed E-state index contributed by atoms with van der Waals surface area (Å²) in [6.45, 7) is -0.100. The predicted octanol–water partition coefficient (Wildman–Crippen LogP) is 3.26. The van der Waals surface area contributed by atoms with E-state index < -0.39 is 5.82 Å². The van der Waals surface area contributed by atoms with Crippen molar-refractivity contribution in [3.8, 4) is 5.69 Å². The molecule has 0 aliphatic heterocycles. The Kier molecular flexibility index (Phi) is 5.66. The first kappa shape index (κ1) is 18.4. The number of carbonyl (C=O) groups is 2. The van der Waals surface area contributed by atoms with Gasteiger partial charge in [-0.05, 0) is 48.0 Å². The first-order valence-corrected chi connectivity index (χ1v) is 8.53. The van der Waals surface area contributed by atoms with Gasteiger partial charge in [0.05, 0.1) is 13.0 Å². The Morgan fingerprint density at radius 1 is 1.04 bits per heavy atom. The molecule has 0 aliphatic rings. The van der Waals surface area contributed by atoms with E-state index in [2.05, 4.69) is 5.32 Å². The maximum Gasteiger partial charge on any atom is 0.243 e. The summed E-state index contributed by atoms with van der Waals surface area (Å²) in [6, 6.07) is 17.2. The number of likely N-dealkylation sites (N-methyl/N-ethyl adjacent to an activating group) is 1. The third kappa shape index (κ3) is 5.04. The van der Waals surface area contributed by atoms with Crippen molar-refractivity contribution in [2.75, 3.05) is 18.9 Å². The fraction of sp³-hybridized carbons (Fsp3) is 0.143. The molecule has 1 heterocycles. The van der Waals surface area contributed by atoms with Gasteiger partial charge >= 0.3 is 0 Å². The number of benzene rings is 2. The summed E-state index contributed by atoms with van der Waals surface area (Å²) in [4.78, 5) is 25.7. The highest BCUT2D eigenvalue weighted by Crippen LogP contribution is 2.12. The highest BCUT2D eigenvalue weighted by Gasteiger charge is 2.14.